The van der Waals surface area contributed by atoms with Crippen LogP contribution in [0.2, 0.25) is 0 Å². The van der Waals surface area contributed by atoms with Crippen LogP contribution in [0.15, 0.2) is 11.6 Å². The van der Waals surface area contributed by atoms with E-state index in [4.69, 9.17) is 0 Å². The van der Waals surface area contributed by atoms with E-state index < -0.39 is 23.1 Å². The van der Waals surface area contributed by atoms with Crippen molar-refractivity contribution < 1.29 is 20.1 Å². The molecule has 0 bridgehead atoms. The van der Waals surface area contributed by atoms with Crippen molar-refractivity contribution in [2.45, 2.75) is 112 Å². The van der Waals surface area contributed by atoms with Gasteiger partial charge in [-0.15, -0.1) is 0 Å². The zero-order valence-corrected chi connectivity index (χ0v) is 22.5. The molecule has 0 aromatic heterocycles. The van der Waals surface area contributed by atoms with Gasteiger partial charge in [-0.1, -0.05) is 53.2 Å². The van der Waals surface area contributed by atoms with Crippen molar-refractivity contribution in [2.75, 3.05) is 0 Å². The lowest BCUT2D eigenvalue weighted by molar-refractivity contribution is -0.253. The van der Waals surface area contributed by atoms with Gasteiger partial charge in [0.25, 0.3) is 0 Å². The number of aliphatic hydroxyl groups is 2. The van der Waals surface area contributed by atoms with Crippen molar-refractivity contribution in [2.24, 2.45) is 57.2 Å². The molecule has 5 aliphatic carbocycles. The summed E-state index contributed by atoms with van der Waals surface area (Å²) in [5.74, 6) is 1.18. The van der Waals surface area contributed by atoms with Gasteiger partial charge < -0.3 is 15.3 Å². The second kappa shape index (κ2) is 7.34. The Morgan fingerprint density at radius 1 is 0.971 bits per heavy atom. The minimum absolute atomic E-state index is 0.0231. The van der Waals surface area contributed by atoms with Gasteiger partial charge in [-0.2, -0.15) is 0 Å². The highest BCUT2D eigenvalue weighted by Gasteiger charge is 2.73. The number of carboxylic acid groups (broad SMARTS) is 1. The van der Waals surface area contributed by atoms with Crippen molar-refractivity contribution in [1.82, 2.24) is 0 Å². The summed E-state index contributed by atoms with van der Waals surface area (Å²) in [7, 11) is 0. The molecule has 4 heteroatoms. The zero-order valence-electron chi connectivity index (χ0n) is 22.5. The molecule has 0 saturated heterocycles. The zero-order chi connectivity index (χ0) is 25.1. The molecule has 3 N–H and O–H groups in total. The Bertz CT molecular complexity index is 907. The first kappa shape index (κ1) is 24.8. The van der Waals surface area contributed by atoms with Crippen molar-refractivity contribution >= 4 is 5.97 Å². The topological polar surface area (TPSA) is 77.8 Å². The maximum absolute atomic E-state index is 13.6. The molecule has 12 unspecified atom stereocenters. The Morgan fingerprint density at radius 2 is 1.65 bits per heavy atom. The summed E-state index contributed by atoms with van der Waals surface area (Å²) in [5.41, 5.74) is -1.05. The molecule has 0 radical (unpaired) electrons. The van der Waals surface area contributed by atoms with Crippen LogP contribution in [0.5, 0.6) is 0 Å². The normalized spacial score (nSPS) is 59.1. The summed E-state index contributed by atoms with van der Waals surface area (Å²) in [6, 6.07) is 0. The average Bonchev–Trinajstić information content (AvgIpc) is 2.72. The van der Waals surface area contributed by atoms with Gasteiger partial charge in [0.05, 0.1) is 17.1 Å². The summed E-state index contributed by atoms with van der Waals surface area (Å²) in [6.45, 7) is 15.8. The van der Waals surface area contributed by atoms with Crippen LogP contribution in [0.4, 0.5) is 0 Å². The van der Waals surface area contributed by atoms with Crippen LogP contribution in [0, 0.1) is 57.2 Å². The SMILES string of the molecule is CC1CCC2(C)CCC3(C(=O)O)C(=CCC4C5(C)CCC(O)C(C)(O)C5C(C)CC43C)C2C1C. The Morgan fingerprint density at radius 3 is 2.29 bits per heavy atom. The van der Waals surface area contributed by atoms with Crippen molar-refractivity contribution in [3.05, 3.63) is 11.6 Å². The number of fused-ring (bicyclic) bond motifs is 7. The molecule has 0 aromatic rings. The molecule has 12 atom stereocenters. The number of hydrogen-bond acceptors (Lipinski definition) is 3. The summed E-state index contributed by atoms with van der Waals surface area (Å²) < 4.78 is 0. The van der Waals surface area contributed by atoms with Gasteiger partial charge in [0, 0.05) is 0 Å². The molecule has 0 aromatic carbocycles. The summed E-state index contributed by atoms with van der Waals surface area (Å²) in [5, 5.41) is 33.4. The van der Waals surface area contributed by atoms with Gasteiger partial charge in [0.15, 0.2) is 0 Å². The van der Waals surface area contributed by atoms with E-state index >= 15 is 0 Å². The van der Waals surface area contributed by atoms with Gasteiger partial charge in [-0.05, 0) is 110 Å². The minimum atomic E-state index is -1.13. The van der Waals surface area contributed by atoms with Crippen LogP contribution in [0.25, 0.3) is 0 Å². The number of allylic oxidation sites excluding steroid dienone is 1. The van der Waals surface area contributed by atoms with Crippen LogP contribution in [0.3, 0.4) is 0 Å². The van der Waals surface area contributed by atoms with Crippen LogP contribution in [0.1, 0.15) is 99.8 Å². The van der Waals surface area contributed by atoms with E-state index in [9.17, 15) is 20.1 Å². The summed E-state index contributed by atoms with van der Waals surface area (Å²) >= 11 is 0. The molecule has 4 fully saturated rings. The summed E-state index contributed by atoms with van der Waals surface area (Å²) in [4.78, 5) is 13.6. The van der Waals surface area contributed by atoms with Crippen LogP contribution < -0.4 is 0 Å². The van der Waals surface area contributed by atoms with Crippen molar-refractivity contribution in [1.29, 1.82) is 0 Å². The highest BCUT2D eigenvalue weighted by Crippen LogP contribution is 2.76. The standard InChI is InChI=1S/C30H48O4/c1-17-10-12-26(4)14-15-30(25(32)33)20(23(26)19(17)3)8-9-21-27(5)13-11-22(31)29(7,34)24(27)18(2)16-28(21,30)6/h8,17-19,21-24,31,34H,9-16H2,1-7H3,(H,32,33). The summed E-state index contributed by atoms with van der Waals surface area (Å²) in [6.07, 6.45) is 9.00. The van der Waals surface area contributed by atoms with E-state index in [1.165, 1.54) is 18.4 Å². The van der Waals surface area contributed by atoms with Gasteiger partial charge >= 0.3 is 5.97 Å². The van der Waals surface area contributed by atoms with Crippen LogP contribution >= 0.6 is 0 Å². The molecule has 0 spiro atoms. The number of carbonyl (C=O) groups is 1. The molecule has 4 saturated carbocycles. The molecule has 0 amide bonds. The molecule has 5 rings (SSSR count). The highest BCUT2D eigenvalue weighted by molar-refractivity contribution is 5.81. The fourth-order valence-corrected chi connectivity index (χ4v) is 11.4. The monoisotopic (exact) mass is 472 g/mol. The predicted molar refractivity (Wildman–Crippen MR) is 134 cm³/mol. The minimum Gasteiger partial charge on any atom is -0.481 e. The Hall–Kier alpha value is -0.870. The van der Waals surface area contributed by atoms with E-state index in [0.717, 1.165) is 32.1 Å². The maximum Gasteiger partial charge on any atom is 0.314 e. The first-order valence-corrected chi connectivity index (χ1v) is 14.0. The van der Waals surface area contributed by atoms with Gasteiger partial charge in [-0.25, -0.2) is 0 Å². The van der Waals surface area contributed by atoms with E-state index in [1.54, 1.807) is 0 Å². The third kappa shape index (κ3) is 2.76. The second-order valence-corrected chi connectivity index (χ2v) is 14.5. The van der Waals surface area contributed by atoms with Crippen molar-refractivity contribution in [3.8, 4) is 0 Å². The van der Waals surface area contributed by atoms with Gasteiger partial charge in [-0.3, -0.25) is 4.79 Å². The predicted octanol–water partition coefficient (Wildman–Crippen LogP) is 6.06. The number of aliphatic carboxylic acids is 1. The van der Waals surface area contributed by atoms with Crippen molar-refractivity contribution in [3.63, 3.8) is 0 Å². The molecule has 4 nitrogen and oxygen atoms in total. The number of rotatable bonds is 1. The van der Waals surface area contributed by atoms with E-state index in [-0.39, 0.29) is 34.0 Å². The van der Waals surface area contributed by atoms with E-state index in [1.807, 2.05) is 6.92 Å². The molecular weight excluding hydrogens is 424 g/mol. The third-order valence-electron chi connectivity index (χ3n) is 13.0. The molecule has 0 aliphatic heterocycles. The maximum atomic E-state index is 13.6. The van der Waals surface area contributed by atoms with Crippen LogP contribution in [-0.4, -0.2) is 33.0 Å². The fraction of sp³-hybridized carbons (Fsp3) is 0.900. The third-order valence-corrected chi connectivity index (χ3v) is 13.0. The van der Waals surface area contributed by atoms with E-state index in [2.05, 4.69) is 47.6 Å². The lowest BCUT2D eigenvalue weighted by Crippen LogP contribution is -2.70. The second-order valence-electron chi connectivity index (χ2n) is 14.5. The molecule has 0 heterocycles. The number of carboxylic acids is 1. The molecule has 5 aliphatic rings. The number of aliphatic hydroxyl groups excluding tert-OH is 1. The lowest BCUT2D eigenvalue weighted by atomic mass is 9.32. The van der Waals surface area contributed by atoms with Gasteiger partial charge in [0.2, 0.25) is 0 Å². The highest BCUT2D eigenvalue weighted by atomic mass is 16.4. The van der Waals surface area contributed by atoms with Crippen LogP contribution in [-0.2, 0) is 4.79 Å². The first-order valence-electron chi connectivity index (χ1n) is 14.0. The molecule has 192 valence electrons. The largest absolute Gasteiger partial charge is 0.481 e. The smallest absolute Gasteiger partial charge is 0.314 e. The Kier molecular flexibility index (Phi) is 5.36. The Labute approximate surface area is 206 Å². The van der Waals surface area contributed by atoms with Gasteiger partial charge in [0.1, 0.15) is 0 Å². The fourth-order valence-electron chi connectivity index (χ4n) is 11.4. The average molecular weight is 473 g/mol. The Balaban J connectivity index is 1.69. The number of hydrogen-bond donors (Lipinski definition) is 3. The lowest BCUT2D eigenvalue weighted by Gasteiger charge is -2.71. The first-order chi connectivity index (χ1) is 15.7. The molecule has 34 heavy (non-hydrogen) atoms. The quantitative estimate of drug-likeness (QED) is 0.405. The molecular formula is C30H48O4. The van der Waals surface area contributed by atoms with E-state index in [0.29, 0.717) is 24.2 Å².